The maximum Gasteiger partial charge on any atom is 0.407 e. The van der Waals surface area contributed by atoms with Crippen molar-refractivity contribution in [1.82, 2.24) is 10.2 Å². The molecule has 1 heterocycles. The Hall–Kier alpha value is -3.35. The van der Waals surface area contributed by atoms with Gasteiger partial charge in [0.15, 0.2) is 0 Å². The summed E-state index contributed by atoms with van der Waals surface area (Å²) in [6, 6.07) is 16.1. The zero-order valence-electron chi connectivity index (χ0n) is 19.1. The minimum Gasteiger partial charge on any atom is -0.481 e. The lowest BCUT2D eigenvalue weighted by atomic mass is 9.98. The van der Waals surface area contributed by atoms with Crippen LogP contribution in [0.4, 0.5) is 4.79 Å². The standard InChI is InChI=1S/C27H30N2O5/c30-25(31)15-19-6-5-13-29(19)26(32)17-11-12-18(14-17)28-27(33)34-16-24-22-9-3-1-7-20(22)21-8-2-4-10-23(21)24/h1-4,7-10,17-19,24H,5-6,11-16H2,(H,28,33)(H,30,31)/t17-,18+,19?/m1/s1. The van der Waals surface area contributed by atoms with Gasteiger partial charge in [0.25, 0.3) is 0 Å². The van der Waals surface area contributed by atoms with Gasteiger partial charge in [0, 0.05) is 30.5 Å². The van der Waals surface area contributed by atoms with E-state index in [4.69, 9.17) is 9.84 Å². The fraction of sp³-hybridized carbons (Fsp3) is 0.444. The summed E-state index contributed by atoms with van der Waals surface area (Å²) in [5.41, 5.74) is 4.72. The lowest BCUT2D eigenvalue weighted by Gasteiger charge is -2.26. The normalized spacial score (nSPS) is 23.4. The molecule has 0 aromatic heterocycles. The van der Waals surface area contributed by atoms with E-state index in [1.54, 1.807) is 4.90 Å². The molecule has 178 valence electrons. The third kappa shape index (κ3) is 4.39. The highest BCUT2D eigenvalue weighted by molar-refractivity contribution is 5.81. The Bertz CT molecular complexity index is 1050. The number of hydrogen-bond donors (Lipinski definition) is 2. The predicted molar refractivity (Wildman–Crippen MR) is 126 cm³/mol. The molecule has 2 fully saturated rings. The number of carboxylic acid groups (broad SMARTS) is 1. The van der Waals surface area contributed by atoms with Crippen LogP contribution in [-0.4, -0.2) is 53.2 Å². The number of fused-ring (bicyclic) bond motifs is 3. The highest BCUT2D eigenvalue weighted by atomic mass is 16.5. The third-order valence-electron chi connectivity index (χ3n) is 7.52. The van der Waals surface area contributed by atoms with E-state index < -0.39 is 12.1 Å². The van der Waals surface area contributed by atoms with Gasteiger partial charge in [-0.15, -0.1) is 0 Å². The van der Waals surface area contributed by atoms with Crippen molar-refractivity contribution in [1.29, 1.82) is 0 Å². The molecule has 1 aliphatic heterocycles. The minimum absolute atomic E-state index is 0.000111. The highest BCUT2D eigenvalue weighted by Gasteiger charge is 2.38. The maximum absolute atomic E-state index is 13.0. The third-order valence-corrected chi connectivity index (χ3v) is 7.52. The average Bonchev–Trinajstić information content (AvgIpc) is 3.55. The van der Waals surface area contributed by atoms with Gasteiger partial charge in [0.1, 0.15) is 6.61 Å². The zero-order chi connectivity index (χ0) is 23.7. The van der Waals surface area contributed by atoms with Gasteiger partial charge in [-0.3, -0.25) is 9.59 Å². The molecule has 2 amide bonds. The molecule has 5 rings (SSSR count). The monoisotopic (exact) mass is 462 g/mol. The van der Waals surface area contributed by atoms with Crippen LogP contribution >= 0.6 is 0 Å². The first kappa shape index (κ1) is 22.4. The Morgan fingerprint density at radius 1 is 0.971 bits per heavy atom. The predicted octanol–water partition coefficient (Wildman–Crippen LogP) is 4.16. The molecule has 1 saturated heterocycles. The number of hydrogen-bond acceptors (Lipinski definition) is 4. The molecule has 0 radical (unpaired) electrons. The van der Waals surface area contributed by atoms with E-state index in [-0.39, 0.29) is 42.9 Å². The fourth-order valence-corrected chi connectivity index (χ4v) is 5.92. The molecule has 2 aromatic rings. The van der Waals surface area contributed by atoms with Gasteiger partial charge >= 0.3 is 12.1 Å². The van der Waals surface area contributed by atoms with Crippen molar-refractivity contribution in [2.75, 3.05) is 13.2 Å². The van der Waals surface area contributed by atoms with Crippen molar-refractivity contribution in [2.45, 2.75) is 56.5 Å². The molecule has 1 unspecified atom stereocenters. The van der Waals surface area contributed by atoms with E-state index in [9.17, 15) is 14.4 Å². The molecule has 0 bridgehead atoms. The Kier molecular flexibility index (Phi) is 6.26. The number of alkyl carbamates (subject to hydrolysis) is 1. The summed E-state index contributed by atoms with van der Waals surface area (Å²) in [6.45, 7) is 0.886. The number of nitrogens with one attached hydrogen (secondary N) is 1. The fourth-order valence-electron chi connectivity index (χ4n) is 5.92. The second-order valence-corrected chi connectivity index (χ2v) is 9.60. The molecule has 7 nitrogen and oxygen atoms in total. The summed E-state index contributed by atoms with van der Waals surface area (Å²) >= 11 is 0. The zero-order valence-corrected chi connectivity index (χ0v) is 19.1. The lowest BCUT2D eigenvalue weighted by molar-refractivity contribution is -0.141. The molecule has 0 spiro atoms. The van der Waals surface area contributed by atoms with E-state index in [2.05, 4.69) is 29.6 Å². The summed E-state index contributed by atoms with van der Waals surface area (Å²) < 4.78 is 5.65. The second kappa shape index (κ2) is 9.49. The second-order valence-electron chi connectivity index (χ2n) is 9.60. The first-order chi connectivity index (χ1) is 16.5. The van der Waals surface area contributed by atoms with Gasteiger partial charge < -0.3 is 20.1 Å². The Balaban J connectivity index is 1.15. The maximum atomic E-state index is 13.0. The summed E-state index contributed by atoms with van der Waals surface area (Å²) in [7, 11) is 0. The van der Waals surface area contributed by atoms with Gasteiger partial charge in [0.05, 0.1) is 6.42 Å². The number of carboxylic acids is 1. The first-order valence-corrected chi connectivity index (χ1v) is 12.1. The molecule has 3 aliphatic rings. The molecule has 2 N–H and O–H groups in total. The van der Waals surface area contributed by atoms with Crippen molar-refractivity contribution in [2.24, 2.45) is 5.92 Å². The minimum atomic E-state index is -0.870. The summed E-state index contributed by atoms with van der Waals surface area (Å²) in [5.74, 6) is -1.00. The molecule has 7 heteroatoms. The molecule has 2 aromatic carbocycles. The van der Waals surface area contributed by atoms with Crippen molar-refractivity contribution >= 4 is 18.0 Å². The quantitative estimate of drug-likeness (QED) is 0.672. The molecule has 3 atom stereocenters. The first-order valence-electron chi connectivity index (χ1n) is 12.1. The van der Waals surface area contributed by atoms with Crippen LogP contribution in [0.3, 0.4) is 0 Å². The van der Waals surface area contributed by atoms with Gasteiger partial charge in [-0.25, -0.2) is 4.79 Å². The summed E-state index contributed by atoms with van der Waals surface area (Å²) in [5, 5.41) is 12.1. The highest BCUT2D eigenvalue weighted by Crippen LogP contribution is 2.44. The van der Waals surface area contributed by atoms with Gasteiger partial charge in [-0.05, 0) is 54.4 Å². The van der Waals surface area contributed by atoms with Crippen LogP contribution < -0.4 is 5.32 Å². The Morgan fingerprint density at radius 2 is 1.65 bits per heavy atom. The number of rotatable bonds is 6. The SMILES string of the molecule is O=C(O)CC1CCCN1C(=O)[C@@H]1CC[C@H](NC(=O)OCC2c3ccccc3-c3ccccc32)C1. The van der Waals surface area contributed by atoms with Crippen molar-refractivity contribution in [3.63, 3.8) is 0 Å². The topological polar surface area (TPSA) is 95.9 Å². The lowest BCUT2D eigenvalue weighted by Crippen LogP contribution is -2.41. The molecule has 2 aliphatic carbocycles. The van der Waals surface area contributed by atoms with E-state index >= 15 is 0 Å². The van der Waals surface area contributed by atoms with Crippen LogP contribution in [0.1, 0.15) is 55.6 Å². The van der Waals surface area contributed by atoms with Crippen LogP contribution in [0.25, 0.3) is 11.1 Å². The number of nitrogens with zero attached hydrogens (tertiary/aromatic N) is 1. The number of ether oxygens (including phenoxy) is 1. The summed E-state index contributed by atoms with van der Waals surface area (Å²) in [4.78, 5) is 38.4. The largest absolute Gasteiger partial charge is 0.481 e. The van der Waals surface area contributed by atoms with E-state index in [0.29, 0.717) is 19.4 Å². The van der Waals surface area contributed by atoms with Crippen molar-refractivity contribution < 1.29 is 24.2 Å². The number of likely N-dealkylation sites (tertiary alicyclic amines) is 1. The number of benzene rings is 2. The van der Waals surface area contributed by atoms with Crippen LogP contribution in [0.15, 0.2) is 48.5 Å². The number of carbonyl (C=O) groups is 3. The van der Waals surface area contributed by atoms with E-state index in [0.717, 1.165) is 19.3 Å². The number of carbonyl (C=O) groups excluding carboxylic acids is 2. The van der Waals surface area contributed by atoms with Crippen molar-refractivity contribution in [3.8, 4) is 11.1 Å². The van der Waals surface area contributed by atoms with E-state index in [1.807, 2.05) is 24.3 Å². The smallest absolute Gasteiger partial charge is 0.407 e. The molecule has 1 saturated carbocycles. The summed E-state index contributed by atoms with van der Waals surface area (Å²) in [6.07, 6.45) is 3.12. The molecule has 34 heavy (non-hydrogen) atoms. The number of aliphatic carboxylic acids is 1. The van der Waals surface area contributed by atoms with Gasteiger partial charge in [-0.2, -0.15) is 0 Å². The van der Waals surface area contributed by atoms with Gasteiger partial charge in [-0.1, -0.05) is 48.5 Å². The Labute approximate surface area is 199 Å². The molecular formula is C27H30N2O5. The average molecular weight is 463 g/mol. The van der Waals surface area contributed by atoms with E-state index in [1.165, 1.54) is 22.3 Å². The van der Waals surface area contributed by atoms with Crippen LogP contribution in [-0.2, 0) is 14.3 Å². The number of amides is 2. The van der Waals surface area contributed by atoms with Crippen LogP contribution in [0.5, 0.6) is 0 Å². The van der Waals surface area contributed by atoms with Crippen molar-refractivity contribution in [3.05, 3.63) is 59.7 Å². The van der Waals surface area contributed by atoms with Crippen LogP contribution in [0.2, 0.25) is 0 Å². The Morgan fingerprint density at radius 3 is 2.32 bits per heavy atom. The molecular weight excluding hydrogens is 432 g/mol. The van der Waals surface area contributed by atoms with Gasteiger partial charge in [0.2, 0.25) is 5.91 Å². The van der Waals surface area contributed by atoms with Crippen LogP contribution in [0, 0.1) is 5.92 Å².